The first-order chi connectivity index (χ1) is 9.09. The SMILES string of the molecule is CC(CCc1ccccc1)n1[nH]nc(C(N)=O)c1=O. The zero-order valence-electron chi connectivity index (χ0n) is 10.7. The number of hydrogen-bond acceptors (Lipinski definition) is 3. The van der Waals surface area contributed by atoms with Crippen LogP contribution in [0.5, 0.6) is 0 Å². The molecule has 2 aromatic rings. The summed E-state index contributed by atoms with van der Waals surface area (Å²) in [4.78, 5) is 22.8. The summed E-state index contributed by atoms with van der Waals surface area (Å²) in [6.45, 7) is 1.90. The van der Waals surface area contributed by atoms with E-state index in [1.54, 1.807) is 0 Å². The average Bonchev–Trinajstić information content (AvgIpc) is 2.79. The fraction of sp³-hybridized carbons (Fsp3) is 0.308. The first-order valence-corrected chi connectivity index (χ1v) is 6.10. The van der Waals surface area contributed by atoms with Gasteiger partial charge in [0.1, 0.15) is 0 Å². The molecule has 1 amide bonds. The lowest BCUT2D eigenvalue weighted by Gasteiger charge is -2.11. The number of rotatable bonds is 5. The van der Waals surface area contributed by atoms with Crippen molar-refractivity contribution in [1.29, 1.82) is 0 Å². The summed E-state index contributed by atoms with van der Waals surface area (Å²) in [6.07, 6.45) is 1.61. The summed E-state index contributed by atoms with van der Waals surface area (Å²) in [5.74, 6) is -0.810. The minimum atomic E-state index is -0.810. The number of carbonyl (C=O) groups is 1. The normalized spacial score (nSPS) is 12.3. The summed E-state index contributed by atoms with van der Waals surface area (Å²) >= 11 is 0. The highest BCUT2D eigenvalue weighted by molar-refractivity contribution is 5.90. The number of aromatic amines is 1. The molecule has 0 saturated carbocycles. The number of nitrogens with one attached hydrogen (secondary N) is 1. The molecule has 1 aromatic heterocycles. The molecule has 0 aliphatic carbocycles. The Bertz CT molecular complexity index is 615. The van der Waals surface area contributed by atoms with Crippen molar-refractivity contribution < 1.29 is 4.79 Å². The maximum absolute atomic E-state index is 11.8. The highest BCUT2D eigenvalue weighted by atomic mass is 16.2. The molecule has 100 valence electrons. The topological polar surface area (TPSA) is 93.8 Å². The van der Waals surface area contributed by atoms with E-state index in [0.29, 0.717) is 0 Å². The van der Waals surface area contributed by atoms with Gasteiger partial charge in [-0.1, -0.05) is 30.3 Å². The Morgan fingerprint density at radius 1 is 1.42 bits per heavy atom. The van der Waals surface area contributed by atoms with Crippen molar-refractivity contribution >= 4 is 5.91 Å². The first kappa shape index (κ1) is 13.1. The molecule has 0 fully saturated rings. The Kier molecular flexibility index (Phi) is 3.79. The van der Waals surface area contributed by atoms with Gasteiger partial charge < -0.3 is 5.73 Å². The van der Waals surface area contributed by atoms with Crippen LogP contribution in [0.25, 0.3) is 0 Å². The molecule has 3 N–H and O–H groups in total. The molecule has 0 aliphatic heterocycles. The number of nitrogens with two attached hydrogens (primary N) is 1. The molecule has 1 heterocycles. The summed E-state index contributed by atoms with van der Waals surface area (Å²) < 4.78 is 1.34. The third-order valence-corrected chi connectivity index (χ3v) is 3.06. The first-order valence-electron chi connectivity index (χ1n) is 6.10. The lowest BCUT2D eigenvalue weighted by molar-refractivity contribution is 0.0994. The van der Waals surface area contributed by atoms with E-state index in [9.17, 15) is 9.59 Å². The molecule has 6 nitrogen and oxygen atoms in total. The number of aromatic nitrogens is 3. The van der Waals surface area contributed by atoms with Gasteiger partial charge in [-0.2, -0.15) is 0 Å². The van der Waals surface area contributed by atoms with E-state index in [2.05, 4.69) is 10.3 Å². The molecule has 1 unspecified atom stereocenters. The van der Waals surface area contributed by atoms with Crippen molar-refractivity contribution in [2.75, 3.05) is 0 Å². The quantitative estimate of drug-likeness (QED) is 0.835. The molecular formula is C13H16N4O2. The summed E-state index contributed by atoms with van der Waals surface area (Å²) in [5, 5.41) is 6.19. The van der Waals surface area contributed by atoms with Crippen molar-refractivity contribution in [2.45, 2.75) is 25.8 Å². The number of nitrogens with zero attached hydrogens (tertiary/aromatic N) is 2. The van der Waals surface area contributed by atoms with Gasteiger partial charge in [-0.15, -0.1) is 5.10 Å². The van der Waals surface area contributed by atoms with Crippen LogP contribution in [0.1, 0.15) is 35.4 Å². The van der Waals surface area contributed by atoms with Gasteiger partial charge in [-0.05, 0) is 25.3 Å². The molecule has 1 atom stereocenters. The lowest BCUT2D eigenvalue weighted by atomic mass is 10.1. The molecule has 2 rings (SSSR count). The Morgan fingerprint density at radius 2 is 2.11 bits per heavy atom. The van der Waals surface area contributed by atoms with Crippen LogP contribution < -0.4 is 11.3 Å². The second-order valence-electron chi connectivity index (χ2n) is 4.47. The van der Waals surface area contributed by atoms with E-state index in [4.69, 9.17) is 5.73 Å². The van der Waals surface area contributed by atoms with Crippen LogP contribution in [0.3, 0.4) is 0 Å². The van der Waals surface area contributed by atoms with E-state index >= 15 is 0 Å². The van der Waals surface area contributed by atoms with Gasteiger partial charge in [0.15, 0.2) is 0 Å². The third kappa shape index (κ3) is 2.90. The van der Waals surface area contributed by atoms with Crippen molar-refractivity contribution in [3.05, 3.63) is 51.9 Å². The monoisotopic (exact) mass is 260 g/mol. The fourth-order valence-electron chi connectivity index (χ4n) is 1.92. The van der Waals surface area contributed by atoms with Gasteiger partial charge in [0.2, 0.25) is 5.69 Å². The van der Waals surface area contributed by atoms with E-state index < -0.39 is 11.5 Å². The molecule has 0 radical (unpaired) electrons. The summed E-state index contributed by atoms with van der Waals surface area (Å²) in [5.41, 5.74) is 5.56. The van der Waals surface area contributed by atoms with Crippen molar-refractivity contribution in [2.24, 2.45) is 5.73 Å². The predicted octanol–water partition coefficient (Wildman–Crippen LogP) is 0.864. The van der Waals surface area contributed by atoms with Gasteiger partial charge >= 0.3 is 0 Å². The molecular weight excluding hydrogens is 244 g/mol. The van der Waals surface area contributed by atoms with Gasteiger partial charge in [0, 0.05) is 0 Å². The summed E-state index contributed by atoms with van der Waals surface area (Å²) in [7, 11) is 0. The second-order valence-corrected chi connectivity index (χ2v) is 4.47. The standard InChI is InChI=1S/C13H16N4O2/c1-9(7-8-10-5-3-2-4-6-10)17-13(19)11(12(14)18)15-16-17/h2-6,9,16H,7-8H2,1H3,(H2,14,18). The maximum Gasteiger partial charge on any atom is 0.299 e. The number of carbonyl (C=O) groups excluding carboxylic acids is 1. The zero-order chi connectivity index (χ0) is 13.8. The van der Waals surface area contributed by atoms with Gasteiger partial charge in [0.25, 0.3) is 11.5 Å². The average molecular weight is 260 g/mol. The van der Waals surface area contributed by atoms with Crippen molar-refractivity contribution in [1.82, 2.24) is 15.0 Å². The van der Waals surface area contributed by atoms with Crippen LogP contribution in [0, 0.1) is 0 Å². The number of hydrogen-bond donors (Lipinski definition) is 2. The van der Waals surface area contributed by atoms with Gasteiger partial charge in [0.05, 0.1) is 6.04 Å². The van der Waals surface area contributed by atoms with E-state index in [1.807, 2.05) is 37.3 Å². The Balaban J connectivity index is 2.06. The molecule has 1 aromatic carbocycles. The number of benzene rings is 1. The number of amides is 1. The maximum atomic E-state index is 11.8. The summed E-state index contributed by atoms with van der Waals surface area (Å²) in [6, 6.07) is 9.93. The lowest BCUT2D eigenvalue weighted by Crippen LogP contribution is -2.27. The van der Waals surface area contributed by atoms with Crippen LogP contribution in [0.2, 0.25) is 0 Å². The molecule has 0 saturated heterocycles. The second kappa shape index (κ2) is 5.51. The number of H-pyrrole nitrogens is 1. The number of aryl methyl sites for hydroxylation is 1. The highest BCUT2D eigenvalue weighted by Crippen LogP contribution is 2.11. The van der Waals surface area contributed by atoms with Crippen LogP contribution >= 0.6 is 0 Å². The largest absolute Gasteiger partial charge is 0.364 e. The molecule has 6 heteroatoms. The Hall–Kier alpha value is -2.37. The van der Waals surface area contributed by atoms with Gasteiger partial charge in [-0.3, -0.25) is 9.59 Å². The van der Waals surface area contributed by atoms with E-state index in [1.165, 1.54) is 10.2 Å². The minimum absolute atomic E-state index is 0.0756. The van der Waals surface area contributed by atoms with Crippen molar-refractivity contribution in [3.63, 3.8) is 0 Å². The number of primary amides is 1. The molecule has 0 spiro atoms. The van der Waals surface area contributed by atoms with E-state index in [-0.39, 0.29) is 11.7 Å². The van der Waals surface area contributed by atoms with Gasteiger partial charge in [-0.25, -0.2) is 9.90 Å². The highest BCUT2D eigenvalue weighted by Gasteiger charge is 2.16. The molecule has 19 heavy (non-hydrogen) atoms. The Morgan fingerprint density at radius 3 is 2.68 bits per heavy atom. The third-order valence-electron chi connectivity index (χ3n) is 3.06. The minimum Gasteiger partial charge on any atom is -0.364 e. The molecule has 0 aliphatic rings. The van der Waals surface area contributed by atoms with Crippen LogP contribution in [-0.4, -0.2) is 20.9 Å². The predicted molar refractivity (Wildman–Crippen MR) is 70.8 cm³/mol. The smallest absolute Gasteiger partial charge is 0.299 e. The van der Waals surface area contributed by atoms with Crippen LogP contribution in [0.15, 0.2) is 35.1 Å². The fourth-order valence-corrected chi connectivity index (χ4v) is 1.92. The van der Waals surface area contributed by atoms with Crippen LogP contribution in [0.4, 0.5) is 0 Å². The van der Waals surface area contributed by atoms with Crippen molar-refractivity contribution in [3.8, 4) is 0 Å². The Labute approximate surface area is 110 Å². The van der Waals surface area contributed by atoms with Crippen LogP contribution in [-0.2, 0) is 6.42 Å². The van der Waals surface area contributed by atoms with E-state index in [0.717, 1.165) is 12.8 Å². The zero-order valence-corrected chi connectivity index (χ0v) is 10.7. The molecule has 0 bridgehead atoms.